The number of carbonyl (C=O) groups is 2. The molecule has 152 valence electrons. The van der Waals surface area contributed by atoms with Gasteiger partial charge in [-0.25, -0.2) is 0 Å². The number of benzene rings is 1. The van der Waals surface area contributed by atoms with Crippen molar-refractivity contribution in [3.8, 4) is 5.69 Å². The first kappa shape index (κ1) is 18.1. The van der Waals surface area contributed by atoms with Crippen molar-refractivity contribution in [1.29, 1.82) is 0 Å². The maximum absolute atomic E-state index is 13.1. The first-order valence-corrected chi connectivity index (χ1v) is 10.9. The number of aromatic nitrogens is 1. The Kier molecular flexibility index (Phi) is 3.73. The molecule has 2 aromatic rings. The molecule has 1 aliphatic heterocycles. The van der Waals surface area contributed by atoms with Crippen LogP contribution in [-0.4, -0.2) is 27.6 Å². The van der Waals surface area contributed by atoms with Gasteiger partial charge in [0.1, 0.15) is 0 Å². The number of rotatable bonds is 3. The molecule has 0 unspecified atom stereocenters. The molecule has 2 bridgehead atoms. The molecule has 1 aromatic heterocycles. The molecule has 2 heterocycles. The second kappa shape index (κ2) is 6.17. The van der Waals surface area contributed by atoms with Crippen LogP contribution in [0, 0.1) is 49.4 Å². The molecule has 1 aromatic carbocycles. The molecule has 0 N–H and O–H groups in total. The number of halogens is 1. The molecule has 1 saturated heterocycles. The normalized spacial score (nSPS) is 33.5. The Balaban J connectivity index is 1.30. The lowest BCUT2D eigenvalue weighted by Crippen LogP contribution is -2.40. The number of hydrazone groups is 1. The van der Waals surface area contributed by atoms with Crippen LogP contribution in [0.3, 0.4) is 0 Å². The van der Waals surface area contributed by atoms with Gasteiger partial charge in [0.2, 0.25) is 0 Å². The number of amides is 2. The molecule has 0 radical (unpaired) electrons. The number of nitrogens with zero attached hydrogens (tertiary/aromatic N) is 3. The average Bonchev–Trinajstić information content (AvgIpc) is 3.46. The summed E-state index contributed by atoms with van der Waals surface area (Å²) in [5.74, 6) is 0.952. The van der Waals surface area contributed by atoms with Gasteiger partial charge in [0.05, 0.1) is 18.1 Å². The third-order valence-corrected chi connectivity index (χ3v) is 7.76. The largest absolute Gasteiger partial charge is 0.318 e. The van der Waals surface area contributed by atoms with Crippen molar-refractivity contribution in [3.63, 3.8) is 0 Å². The fraction of sp³-hybridized carbons (Fsp3) is 0.375. The molecule has 4 aliphatic carbocycles. The summed E-state index contributed by atoms with van der Waals surface area (Å²) < 4.78 is 2.11. The predicted octanol–water partition coefficient (Wildman–Crippen LogP) is 4.13. The highest BCUT2D eigenvalue weighted by atomic mass is 35.5. The second-order valence-corrected chi connectivity index (χ2v) is 9.46. The van der Waals surface area contributed by atoms with E-state index in [2.05, 4.69) is 21.8 Å². The quantitative estimate of drug-likeness (QED) is 0.426. The molecule has 7 rings (SSSR count). The maximum atomic E-state index is 13.1. The summed E-state index contributed by atoms with van der Waals surface area (Å²) in [6, 6.07) is 9.68. The Morgan fingerprint density at radius 3 is 2.20 bits per heavy atom. The zero-order valence-corrected chi connectivity index (χ0v) is 17.6. The van der Waals surface area contributed by atoms with E-state index in [-0.39, 0.29) is 35.5 Å². The van der Waals surface area contributed by atoms with E-state index in [0.29, 0.717) is 16.9 Å². The first-order valence-electron chi connectivity index (χ1n) is 10.5. The summed E-state index contributed by atoms with van der Waals surface area (Å²) in [6.07, 6.45) is 7.17. The lowest BCUT2D eigenvalue weighted by molar-refractivity contribution is -0.140. The number of hydrogen-bond donors (Lipinski definition) is 0. The Morgan fingerprint density at radius 1 is 1.00 bits per heavy atom. The van der Waals surface area contributed by atoms with E-state index in [1.54, 1.807) is 6.21 Å². The average molecular weight is 420 g/mol. The van der Waals surface area contributed by atoms with Gasteiger partial charge in [-0.05, 0) is 74.3 Å². The first-order chi connectivity index (χ1) is 14.5. The Bertz CT molecular complexity index is 1110. The van der Waals surface area contributed by atoms with E-state index in [1.807, 2.05) is 44.2 Å². The van der Waals surface area contributed by atoms with Crippen LogP contribution in [0.4, 0.5) is 0 Å². The van der Waals surface area contributed by atoms with Crippen LogP contribution in [-0.2, 0) is 9.59 Å². The van der Waals surface area contributed by atoms with Crippen molar-refractivity contribution >= 4 is 29.6 Å². The summed E-state index contributed by atoms with van der Waals surface area (Å²) in [4.78, 5) is 26.2. The molecular weight excluding hydrogens is 398 g/mol. The SMILES string of the molecule is Cc1cc(/C=N\N2C(=O)[C@@H]3[C@H]4C=C[C@@H]([C@@H]5C[C@@H]45)[C@H]3C2=O)c(C)n1-c1ccc(Cl)cc1. The van der Waals surface area contributed by atoms with E-state index >= 15 is 0 Å². The minimum atomic E-state index is -0.213. The summed E-state index contributed by atoms with van der Waals surface area (Å²) in [7, 11) is 0. The van der Waals surface area contributed by atoms with Crippen molar-refractivity contribution in [2.45, 2.75) is 20.3 Å². The van der Waals surface area contributed by atoms with Crippen LogP contribution >= 0.6 is 11.6 Å². The highest BCUT2D eigenvalue weighted by Gasteiger charge is 2.67. The Morgan fingerprint density at radius 2 is 1.60 bits per heavy atom. The summed E-state index contributed by atoms with van der Waals surface area (Å²) in [6.45, 7) is 4.03. The van der Waals surface area contributed by atoms with E-state index < -0.39 is 0 Å². The molecule has 6 heteroatoms. The van der Waals surface area contributed by atoms with Gasteiger partial charge in [-0.15, -0.1) is 0 Å². The minimum absolute atomic E-state index is 0.127. The van der Waals surface area contributed by atoms with Crippen molar-refractivity contribution < 1.29 is 9.59 Å². The van der Waals surface area contributed by atoms with Crippen LogP contribution in [0.1, 0.15) is 23.4 Å². The molecule has 0 spiro atoms. The predicted molar refractivity (Wildman–Crippen MR) is 114 cm³/mol. The van der Waals surface area contributed by atoms with Crippen LogP contribution in [0.5, 0.6) is 0 Å². The van der Waals surface area contributed by atoms with Crippen molar-refractivity contribution in [1.82, 2.24) is 9.58 Å². The fourth-order valence-corrected chi connectivity index (χ4v) is 6.21. The number of aryl methyl sites for hydroxylation is 1. The van der Waals surface area contributed by atoms with Gasteiger partial charge in [0.15, 0.2) is 0 Å². The topological polar surface area (TPSA) is 54.7 Å². The van der Waals surface area contributed by atoms with Gasteiger partial charge in [-0.2, -0.15) is 10.1 Å². The Labute approximate surface area is 180 Å². The highest BCUT2D eigenvalue weighted by Crippen LogP contribution is 2.65. The van der Waals surface area contributed by atoms with E-state index in [1.165, 1.54) is 0 Å². The number of imide groups is 1. The molecule has 5 nitrogen and oxygen atoms in total. The minimum Gasteiger partial charge on any atom is -0.318 e. The highest BCUT2D eigenvalue weighted by molar-refractivity contribution is 6.30. The molecule has 3 fully saturated rings. The zero-order chi connectivity index (χ0) is 20.7. The molecule has 6 atom stereocenters. The lowest BCUT2D eigenvalue weighted by atomic mass is 9.63. The summed E-state index contributed by atoms with van der Waals surface area (Å²) in [5, 5.41) is 6.22. The van der Waals surface area contributed by atoms with Gasteiger partial charge >= 0.3 is 0 Å². The van der Waals surface area contributed by atoms with E-state index in [4.69, 9.17) is 11.6 Å². The third kappa shape index (κ3) is 2.38. The standard InChI is InChI=1S/C24H22ClN3O2/c1-12-9-14(13(2)27(12)16-5-3-15(25)4-6-16)11-26-28-23(29)21-17-7-8-18(20-10-19(17)20)22(21)24(28)30/h3-9,11,17-22H,10H2,1-2H3/b26-11-/t17-,18-,19-,20-,21+,22+/m0/s1. The van der Waals surface area contributed by atoms with Crippen LogP contribution < -0.4 is 0 Å². The number of carbonyl (C=O) groups excluding carboxylic acids is 2. The van der Waals surface area contributed by atoms with Crippen LogP contribution in [0.25, 0.3) is 5.69 Å². The Hall–Kier alpha value is -2.66. The molecule has 30 heavy (non-hydrogen) atoms. The second-order valence-electron chi connectivity index (χ2n) is 9.03. The van der Waals surface area contributed by atoms with Gasteiger partial charge < -0.3 is 4.57 Å². The molecular formula is C24H22ClN3O2. The van der Waals surface area contributed by atoms with E-state index in [0.717, 1.165) is 34.1 Å². The van der Waals surface area contributed by atoms with Crippen molar-refractivity contribution in [3.05, 3.63) is 64.5 Å². The third-order valence-electron chi connectivity index (χ3n) is 7.51. The lowest BCUT2D eigenvalue weighted by Gasteiger charge is -2.37. The molecule has 2 saturated carbocycles. The van der Waals surface area contributed by atoms with Crippen molar-refractivity contribution in [2.24, 2.45) is 40.6 Å². The van der Waals surface area contributed by atoms with Crippen LogP contribution in [0.15, 0.2) is 47.6 Å². The zero-order valence-electron chi connectivity index (χ0n) is 16.8. The van der Waals surface area contributed by atoms with Crippen molar-refractivity contribution in [2.75, 3.05) is 0 Å². The molecule has 2 amide bonds. The number of allylic oxidation sites excluding steroid dienone is 2. The van der Waals surface area contributed by atoms with E-state index in [9.17, 15) is 9.59 Å². The fourth-order valence-electron chi connectivity index (χ4n) is 6.08. The van der Waals surface area contributed by atoms with Gasteiger partial charge in [0.25, 0.3) is 11.8 Å². The smallest absolute Gasteiger partial charge is 0.254 e. The van der Waals surface area contributed by atoms with Gasteiger partial charge in [0, 0.05) is 27.7 Å². The summed E-state index contributed by atoms with van der Waals surface area (Å²) in [5.41, 5.74) is 3.95. The van der Waals surface area contributed by atoms with Crippen LogP contribution in [0.2, 0.25) is 5.02 Å². The van der Waals surface area contributed by atoms with Gasteiger partial charge in [-0.3, -0.25) is 9.59 Å². The number of hydrogen-bond acceptors (Lipinski definition) is 3. The van der Waals surface area contributed by atoms with Gasteiger partial charge in [-0.1, -0.05) is 23.8 Å². The maximum Gasteiger partial charge on any atom is 0.254 e. The summed E-state index contributed by atoms with van der Waals surface area (Å²) >= 11 is 6.02. The monoisotopic (exact) mass is 419 g/mol. The molecule has 5 aliphatic rings.